The van der Waals surface area contributed by atoms with E-state index in [9.17, 15) is 9.59 Å². The van der Waals surface area contributed by atoms with Gasteiger partial charge in [0.25, 0.3) is 11.8 Å². The SMILES string of the molecule is COc1ccccc1N1C(=O)C(c2ccc(C)cc2C)=C(N(C)c2ccccc2)C1=O. The van der Waals surface area contributed by atoms with E-state index in [0.717, 1.165) is 22.4 Å². The number of rotatable bonds is 5. The molecular weight excluding hydrogens is 388 g/mol. The van der Waals surface area contributed by atoms with Crippen LogP contribution in [0, 0.1) is 13.8 Å². The summed E-state index contributed by atoms with van der Waals surface area (Å²) in [7, 11) is 3.34. The molecule has 2 amide bonds. The van der Waals surface area contributed by atoms with E-state index < -0.39 is 0 Å². The summed E-state index contributed by atoms with van der Waals surface area (Å²) in [5.74, 6) is -0.275. The van der Waals surface area contributed by atoms with Crippen LogP contribution < -0.4 is 14.5 Å². The van der Waals surface area contributed by atoms with Gasteiger partial charge in [0.15, 0.2) is 0 Å². The first-order valence-corrected chi connectivity index (χ1v) is 10.1. The Hall–Kier alpha value is -3.86. The number of hydrogen-bond acceptors (Lipinski definition) is 4. The van der Waals surface area contributed by atoms with Crippen LogP contribution in [0.2, 0.25) is 0 Å². The molecule has 5 nitrogen and oxygen atoms in total. The number of imide groups is 1. The maximum atomic E-state index is 13.7. The van der Waals surface area contributed by atoms with Gasteiger partial charge < -0.3 is 9.64 Å². The maximum Gasteiger partial charge on any atom is 0.282 e. The number of carbonyl (C=O) groups is 2. The van der Waals surface area contributed by atoms with Crippen molar-refractivity contribution in [3.63, 3.8) is 0 Å². The molecule has 0 aromatic heterocycles. The zero-order valence-electron chi connectivity index (χ0n) is 18.0. The lowest BCUT2D eigenvalue weighted by atomic mass is 9.97. The normalized spacial score (nSPS) is 13.7. The minimum absolute atomic E-state index is 0.342. The van der Waals surface area contributed by atoms with Crippen LogP contribution in [0.3, 0.4) is 0 Å². The highest BCUT2D eigenvalue weighted by Crippen LogP contribution is 2.40. The number of nitrogens with zero attached hydrogens (tertiary/aromatic N) is 2. The zero-order valence-corrected chi connectivity index (χ0v) is 18.0. The Morgan fingerprint density at radius 3 is 2.19 bits per heavy atom. The monoisotopic (exact) mass is 412 g/mol. The van der Waals surface area contributed by atoms with Gasteiger partial charge in [-0.1, -0.05) is 54.1 Å². The van der Waals surface area contributed by atoms with Crippen LogP contribution in [-0.2, 0) is 9.59 Å². The molecule has 31 heavy (non-hydrogen) atoms. The van der Waals surface area contributed by atoms with Crippen molar-refractivity contribution >= 4 is 28.8 Å². The highest BCUT2D eigenvalue weighted by atomic mass is 16.5. The Bertz CT molecular complexity index is 1200. The van der Waals surface area contributed by atoms with Gasteiger partial charge in [0.05, 0.1) is 18.4 Å². The quantitative estimate of drug-likeness (QED) is 0.569. The van der Waals surface area contributed by atoms with Gasteiger partial charge in [-0.25, -0.2) is 4.90 Å². The summed E-state index contributed by atoms with van der Waals surface area (Å²) in [6.45, 7) is 3.96. The number of para-hydroxylation sites is 3. The Labute approximate surface area is 182 Å². The number of likely N-dealkylation sites (N-methyl/N-ethyl adjacent to an activating group) is 1. The molecule has 0 radical (unpaired) electrons. The van der Waals surface area contributed by atoms with Gasteiger partial charge in [0.2, 0.25) is 0 Å². The van der Waals surface area contributed by atoms with Gasteiger partial charge in [0, 0.05) is 12.7 Å². The first-order chi connectivity index (χ1) is 14.9. The fourth-order valence-corrected chi connectivity index (χ4v) is 3.98. The first-order valence-electron chi connectivity index (χ1n) is 10.1. The third-order valence-corrected chi connectivity index (χ3v) is 5.52. The lowest BCUT2D eigenvalue weighted by Crippen LogP contribution is -2.34. The molecule has 0 aliphatic carbocycles. The number of hydrogen-bond donors (Lipinski definition) is 0. The van der Waals surface area contributed by atoms with Gasteiger partial charge in [-0.15, -0.1) is 0 Å². The second kappa shape index (κ2) is 8.11. The van der Waals surface area contributed by atoms with Crippen molar-refractivity contribution in [2.75, 3.05) is 24.0 Å². The van der Waals surface area contributed by atoms with Crippen LogP contribution in [0.1, 0.15) is 16.7 Å². The first kappa shape index (κ1) is 20.4. The topological polar surface area (TPSA) is 49.9 Å². The third-order valence-electron chi connectivity index (χ3n) is 5.52. The summed E-state index contributed by atoms with van der Waals surface area (Å²) < 4.78 is 5.44. The van der Waals surface area contributed by atoms with E-state index in [1.54, 1.807) is 23.1 Å². The molecule has 3 aromatic rings. The molecule has 0 saturated heterocycles. The van der Waals surface area contributed by atoms with Crippen molar-refractivity contribution in [2.24, 2.45) is 0 Å². The van der Waals surface area contributed by atoms with E-state index in [0.29, 0.717) is 22.7 Å². The number of ether oxygens (including phenoxy) is 1. The minimum atomic E-state index is -0.379. The molecule has 1 aliphatic rings. The van der Waals surface area contributed by atoms with Crippen LogP contribution in [0.15, 0.2) is 78.5 Å². The fourth-order valence-electron chi connectivity index (χ4n) is 3.98. The lowest BCUT2D eigenvalue weighted by Gasteiger charge is -2.22. The van der Waals surface area contributed by atoms with Crippen molar-refractivity contribution in [2.45, 2.75) is 13.8 Å². The number of aryl methyl sites for hydroxylation is 2. The Morgan fingerprint density at radius 2 is 1.52 bits per heavy atom. The number of methoxy groups -OCH3 is 1. The molecule has 156 valence electrons. The number of anilines is 2. The summed E-state index contributed by atoms with van der Waals surface area (Å²) >= 11 is 0. The standard InChI is InChI=1S/C26H24N2O3/c1-17-14-15-20(18(2)16-17)23-24(27(3)19-10-6-5-7-11-19)26(30)28(25(23)29)21-12-8-9-13-22(21)31-4/h5-16H,1-4H3. The summed E-state index contributed by atoms with van der Waals surface area (Å²) in [4.78, 5) is 30.4. The highest BCUT2D eigenvalue weighted by Gasteiger charge is 2.43. The summed E-state index contributed by atoms with van der Waals surface area (Å²) in [6.07, 6.45) is 0. The van der Waals surface area contributed by atoms with Crippen molar-refractivity contribution in [1.29, 1.82) is 0 Å². The van der Waals surface area contributed by atoms with Gasteiger partial charge in [-0.2, -0.15) is 0 Å². The molecule has 0 saturated carbocycles. The van der Waals surface area contributed by atoms with E-state index in [-0.39, 0.29) is 11.8 Å². The largest absolute Gasteiger partial charge is 0.495 e. The van der Waals surface area contributed by atoms with Crippen LogP contribution >= 0.6 is 0 Å². The number of benzene rings is 3. The second-order valence-corrected chi connectivity index (χ2v) is 7.55. The Morgan fingerprint density at radius 1 is 0.839 bits per heavy atom. The molecule has 0 bridgehead atoms. The molecule has 0 fully saturated rings. The molecule has 0 spiro atoms. The van der Waals surface area contributed by atoms with Crippen LogP contribution in [0.25, 0.3) is 5.57 Å². The summed E-state index contributed by atoms with van der Waals surface area (Å²) in [5, 5.41) is 0. The van der Waals surface area contributed by atoms with Gasteiger partial charge >= 0.3 is 0 Å². The molecule has 0 atom stereocenters. The van der Waals surface area contributed by atoms with E-state index in [2.05, 4.69) is 0 Å². The number of amides is 2. The average molecular weight is 412 g/mol. The molecule has 1 heterocycles. The molecule has 0 N–H and O–H groups in total. The van der Waals surface area contributed by atoms with Crippen LogP contribution in [0.4, 0.5) is 11.4 Å². The van der Waals surface area contributed by atoms with Crippen LogP contribution in [0.5, 0.6) is 5.75 Å². The smallest absolute Gasteiger partial charge is 0.282 e. The Balaban J connectivity index is 1.93. The number of carbonyl (C=O) groups excluding carboxylic acids is 2. The third kappa shape index (κ3) is 3.48. The van der Waals surface area contributed by atoms with Crippen LogP contribution in [-0.4, -0.2) is 26.0 Å². The van der Waals surface area contributed by atoms with Crippen molar-refractivity contribution < 1.29 is 14.3 Å². The Kier molecular flexibility index (Phi) is 5.34. The van der Waals surface area contributed by atoms with E-state index in [1.807, 2.05) is 75.5 Å². The molecular formula is C26H24N2O3. The van der Waals surface area contributed by atoms with E-state index in [4.69, 9.17) is 4.74 Å². The van der Waals surface area contributed by atoms with Gasteiger partial charge in [0.1, 0.15) is 11.4 Å². The molecule has 1 aliphatic heterocycles. The maximum absolute atomic E-state index is 13.7. The predicted octanol–water partition coefficient (Wildman–Crippen LogP) is 4.73. The molecule has 3 aromatic carbocycles. The van der Waals surface area contributed by atoms with Crippen molar-refractivity contribution in [3.05, 3.63) is 95.2 Å². The lowest BCUT2D eigenvalue weighted by molar-refractivity contribution is -0.120. The summed E-state index contributed by atoms with van der Waals surface area (Å²) in [6, 6.07) is 22.5. The van der Waals surface area contributed by atoms with Gasteiger partial charge in [-0.05, 0) is 49.2 Å². The zero-order chi connectivity index (χ0) is 22.1. The molecule has 4 rings (SSSR count). The molecule has 0 unspecified atom stereocenters. The van der Waals surface area contributed by atoms with Crippen molar-refractivity contribution in [3.8, 4) is 5.75 Å². The van der Waals surface area contributed by atoms with E-state index in [1.165, 1.54) is 12.0 Å². The van der Waals surface area contributed by atoms with E-state index >= 15 is 0 Å². The predicted molar refractivity (Wildman–Crippen MR) is 123 cm³/mol. The summed E-state index contributed by atoms with van der Waals surface area (Å²) in [5.41, 5.74) is 4.77. The van der Waals surface area contributed by atoms with Crippen molar-refractivity contribution in [1.82, 2.24) is 0 Å². The second-order valence-electron chi connectivity index (χ2n) is 7.55. The highest BCUT2D eigenvalue weighted by molar-refractivity contribution is 6.46. The van der Waals surface area contributed by atoms with Gasteiger partial charge in [-0.3, -0.25) is 9.59 Å². The minimum Gasteiger partial charge on any atom is -0.495 e. The average Bonchev–Trinajstić information content (AvgIpc) is 3.03. The molecule has 5 heteroatoms. The fraction of sp³-hybridized carbons (Fsp3) is 0.154.